The number of amides is 2. The highest BCUT2D eigenvalue weighted by Crippen LogP contribution is 2.57. The van der Waals surface area contributed by atoms with E-state index in [9.17, 15) is 22.8 Å². The number of methoxy groups -OCH3 is 1. The average molecular weight is 710 g/mol. The van der Waals surface area contributed by atoms with Gasteiger partial charge >= 0.3 is 0 Å². The summed E-state index contributed by atoms with van der Waals surface area (Å²) in [4.78, 5) is 48.4. The number of carbonyl (C=O) groups is 3. The Morgan fingerprint density at radius 2 is 1.82 bits per heavy atom. The van der Waals surface area contributed by atoms with Crippen molar-refractivity contribution >= 4 is 38.5 Å². The lowest BCUT2D eigenvalue weighted by Crippen LogP contribution is -2.68. The average Bonchev–Trinajstić information content (AvgIpc) is 3.99. The molecule has 4 N–H and O–H groups in total. The lowest BCUT2D eigenvalue weighted by atomic mass is 9.91. The van der Waals surface area contributed by atoms with Gasteiger partial charge in [-0.15, -0.1) is 0 Å². The third-order valence-corrected chi connectivity index (χ3v) is 13.1. The molecule has 1 aromatic carbocycles. The number of ether oxygens (including phenoxy) is 3. The highest BCUT2D eigenvalue weighted by Gasteiger charge is 2.61. The first-order valence-corrected chi connectivity index (χ1v) is 19.7. The molecule has 0 bridgehead atoms. The van der Waals surface area contributed by atoms with Crippen molar-refractivity contribution in [1.29, 1.82) is 0 Å². The molecule has 4 fully saturated rings. The number of aromatic nitrogens is 1. The van der Waals surface area contributed by atoms with Crippen LogP contribution in [0.25, 0.3) is 10.9 Å². The van der Waals surface area contributed by atoms with Crippen LogP contribution < -0.4 is 24.7 Å². The second-order valence-electron chi connectivity index (χ2n) is 14.9. The summed E-state index contributed by atoms with van der Waals surface area (Å²) in [7, 11) is -2.18. The van der Waals surface area contributed by atoms with E-state index in [2.05, 4.69) is 10.5 Å². The van der Waals surface area contributed by atoms with Gasteiger partial charge in [0.05, 0.1) is 35.9 Å². The quantitative estimate of drug-likeness (QED) is 0.390. The number of aryl methyl sites for hydroxylation is 1. The van der Waals surface area contributed by atoms with E-state index >= 15 is 0 Å². The molecule has 0 radical (unpaired) electrons. The molecule has 12 nitrogen and oxygen atoms in total. The number of sulfonamides is 1. The zero-order valence-electron chi connectivity index (χ0n) is 29.0. The van der Waals surface area contributed by atoms with Crippen LogP contribution in [0.5, 0.6) is 17.4 Å². The summed E-state index contributed by atoms with van der Waals surface area (Å²) in [6, 6.07) is 4.19. The fourth-order valence-electron chi connectivity index (χ4n) is 7.71. The number of quaternary nitrogens is 1. The van der Waals surface area contributed by atoms with Crippen LogP contribution in [0.15, 0.2) is 30.4 Å². The van der Waals surface area contributed by atoms with Crippen LogP contribution in [0.2, 0.25) is 0 Å². The first kappa shape index (κ1) is 34.7. The molecule has 5 aliphatic rings. The minimum absolute atomic E-state index is 0.0968. The van der Waals surface area contributed by atoms with Crippen molar-refractivity contribution in [3.63, 3.8) is 0 Å². The molecule has 3 saturated carbocycles. The van der Waals surface area contributed by atoms with E-state index in [1.54, 1.807) is 18.1 Å². The fraction of sp³-hybridized carbons (Fsp3) is 0.622. The summed E-state index contributed by atoms with van der Waals surface area (Å²) in [6.07, 6.45) is 12.2. The number of hydrogen-bond donors (Lipinski definition) is 2. The topological polar surface area (TPSA) is 169 Å². The monoisotopic (exact) mass is 709 g/mol. The normalized spacial score (nSPS) is 29.9. The molecule has 50 heavy (non-hydrogen) atoms. The van der Waals surface area contributed by atoms with Crippen LogP contribution in [-0.4, -0.2) is 79.1 Å². The third-order valence-electron chi connectivity index (χ3n) is 11.3. The lowest BCUT2D eigenvalue weighted by molar-refractivity contribution is -0.407. The highest BCUT2D eigenvalue weighted by molar-refractivity contribution is 7.90. The Morgan fingerprint density at radius 3 is 2.54 bits per heavy atom. The van der Waals surface area contributed by atoms with Crippen LogP contribution in [0.3, 0.4) is 0 Å². The predicted octanol–water partition coefficient (Wildman–Crippen LogP) is 3.54. The van der Waals surface area contributed by atoms with E-state index in [1.807, 2.05) is 31.2 Å². The minimum Gasteiger partial charge on any atom is -0.496 e. The standard InChI is InChI=1S/C37H48N4O8S/c1-22-31(47-2)16-15-27-32(18-33(39-34(22)27)49-24-10-8-11-24)48-25-17-29-30(42)20-37(36(44)40-50(45,46)26-13-14-26)19-23(37)9-6-4-3-5-7-12-28(38)35(43)41(29)21-25/h6,9,15-16,18,23-26,28-29H,3-5,7-8,10-14,17,19-21,38H2,1-2H3,(H,40,44)/p+1/b9-6-/t23-,25+,28-,29-,37+/m0/s1. The molecular formula is C37H49N4O8S+. The number of fused-ring (bicyclic) bond motifs is 3. The largest absolute Gasteiger partial charge is 0.496 e. The molecule has 1 aromatic heterocycles. The molecule has 0 spiro atoms. The number of Topliss-reactive ketones (excluding diaryl/α,β-unsaturated/α-hetero) is 1. The van der Waals surface area contributed by atoms with Gasteiger partial charge in [0.15, 0.2) is 11.8 Å². The number of benzene rings is 1. The van der Waals surface area contributed by atoms with Crippen molar-refractivity contribution in [1.82, 2.24) is 14.6 Å². The summed E-state index contributed by atoms with van der Waals surface area (Å²) in [5.74, 6) is 0.340. The first-order chi connectivity index (χ1) is 24.0. The smallest absolute Gasteiger partial charge is 0.281 e. The second-order valence-corrected chi connectivity index (χ2v) is 16.9. The Bertz CT molecular complexity index is 1810. The van der Waals surface area contributed by atoms with E-state index in [-0.39, 0.29) is 43.1 Å². The van der Waals surface area contributed by atoms with Crippen molar-refractivity contribution in [3.05, 3.63) is 35.9 Å². The van der Waals surface area contributed by atoms with E-state index in [0.717, 1.165) is 55.9 Å². The zero-order chi connectivity index (χ0) is 35.2. The molecular weight excluding hydrogens is 660 g/mol. The Morgan fingerprint density at radius 1 is 1.02 bits per heavy atom. The van der Waals surface area contributed by atoms with Gasteiger partial charge in [-0.3, -0.25) is 19.1 Å². The Kier molecular flexibility index (Phi) is 9.57. The minimum atomic E-state index is -3.79. The summed E-state index contributed by atoms with van der Waals surface area (Å²) in [5, 5.41) is 0.207. The van der Waals surface area contributed by atoms with Gasteiger partial charge in [-0.1, -0.05) is 18.6 Å². The molecule has 3 aliphatic carbocycles. The predicted molar refractivity (Wildman–Crippen MR) is 185 cm³/mol. The molecule has 1 saturated heterocycles. The number of hydrogen-bond acceptors (Lipinski definition) is 9. The van der Waals surface area contributed by atoms with E-state index in [1.165, 1.54) is 0 Å². The van der Waals surface area contributed by atoms with E-state index < -0.39 is 44.8 Å². The van der Waals surface area contributed by atoms with Gasteiger partial charge in [0, 0.05) is 36.3 Å². The first-order valence-electron chi connectivity index (χ1n) is 18.2. The molecule has 2 amide bonds. The number of rotatable bonds is 8. The van der Waals surface area contributed by atoms with Gasteiger partial charge in [0.2, 0.25) is 21.8 Å². The zero-order valence-corrected chi connectivity index (χ0v) is 29.8. The van der Waals surface area contributed by atoms with Gasteiger partial charge in [-0.2, -0.15) is 0 Å². The second kappa shape index (κ2) is 13.8. The number of pyridine rings is 1. The number of ketones is 1. The van der Waals surface area contributed by atoms with Gasteiger partial charge in [0.1, 0.15) is 23.7 Å². The lowest BCUT2D eigenvalue weighted by Gasteiger charge is -2.26. The van der Waals surface area contributed by atoms with Crippen LogP contribution in [0.1, 0.15) is 89.0 Å². The van der Waals surface area contributed by atoms with Crippen molar-refractivity contribution in [2.75, 3.05) is 13.7 Å². The molecule has 5 atom stereocenters. The molecule has 2 aromatic rings. The Labute approximate surface area is 293 Å². The number of nitrogens with one attached hydrogen (secondary N) is 1. The molecule has 0 unspecified atom stereocenters. The van der Waals surface area contributed by atoms with E-state index in [0.29, 0.717) is 48.6 Å². The fourth-order valence-corrected chi connectivity index (χ4v) is 9.09. The SMILES string of the molecule is COc1ccc2c(O[C@@H]3C[C@H]4C(=O)C[C@]5(C(=O)NS(=O)(=O)C6CC6)C[C@@H]5/C=C\CCCCC[C@H]([NH3+])C(=O)N4C3)cc(OC3CCC3)nc2c1C. The summed E-state index contributed by atoms with van der Waals surface area (Å²) in [6.45, 7) is 2.11. The number of carbonyl (C=O) groups excluding carboxylic acids is 3. The van der Waals surface area contributed by atoms with Gasteiger partial charge in [0.25, 0.3) is 5.91 Å². The molecule has 3 heterocycles. The number of allylic oxidation sites excluding steroid dienone is 2. The molecule has 7 rings (SSSR count). The third kappa shape index (κ3) is 6.95. The molecule has 13 heteroatoms. The highest BCUT2D eigenvalue weighted by atomic mass is 32.2. The van der Waals surface area contributed by atoms with Crippen LogP contribution in [0, 0.1) is 18.3 Å². The molecule has 2 aliphatic heterocycles. The van der Waals surface area contributed by atoms with Crippen molar-refractivity contribution in [2.24, 2.45) is 11.3 Å². The van der Waals surface area contributed by atoms with Gasteiger partial charge in [-0.05, 0) is 82.8 Å². The Hall–Kier alpha value is -3.71. The van der Waals surface area contributed by atoms with Crippen molar-refractivity contribution in [2.45, 2.75) is 120 Å². The maximum absolute atomic E-state index is 14.3. The van der Waals surface area contributed by atoms with Crippen molar-refractivity contribution < 1.29 is 42.7 Å². The van der Waals surface area contributed by atoms with Crippen molar-refractivity contribution in [3.8, 4) is 17.4 Å². The maximum Gasteiger partial charge on any atom is 0.281 e. The summed E-state index contributed by atoms with van der Waals surface area (Å²) < 4.78 is 46.3. The summed E-state index contributed by atoms with van der Waals surface area (Å²) >= 11 is 0. The van der Waals surface area contributed by atoms with Crippen LogP contribution in [-0.2, 0) is 24.4 Å². The molecule has 270 valence electrons. The van der Waals surface area contributed by atoms with Crippen LogP contribution >= 0.6 is 0 Å². The number of nitrogens with zero attached hydrogens (tertiary/aromatic N) is 2. The van der Waals surface area contributed by atoms with Crippen LogP contribution in [0.4, 0.5) is 0 Å². The maximum atomic E-state index is 14.3. The Balaban J connectivity index is 1.18. The van der Waals surface area contributed by atoms with Gasteiger partial charge in [-0.25, -0.2) is 13.4 Å². The van der Waals surface area contributed by atoms with E-state index in [4.69, 9.17) is 19.2 Å². The van der Waals surface area contributed by atoms with Gasteiger partial charge < -0.3 is 24.8 Å². The summed E-state index contributed by atoms with van der Waals surface area (Å²) in [5.41, 5.74) is 4.55.